The third kappa shape index (κ3) is 10.6. The standard InChI is InChI=1S/C16H28N6O8S/c1-6(23)12(22-13(26)7(17)2-3-10(18)24)15(28)21-9(5-31)14(27)20-8(16(29)30)4-11(19)25/h6-9,12,23,31H,2-5,17H2,1H3,(H2,18,24)(H2,19,25)(H,20,27)(H,21,28)(H,22,26)(H,29,30). The van der Waals surface area contributed by atoms with Crippen LogP contribution < -0.4 is 33.2 Å². The van der Waals surface area contributed by atoms with E-state index in [0.29, 0.717) is 0 Å². The van der Waals surface area contributed by atoms with Crippen molar-refractivity contribution < 1.29 is 39.0 Å². The van der Waals surface area contributed by atoms with Gasteiger partial charge in [-0.3, -0.25) is 24.0 Å². The van der Waals surface area contributed by atoms with Gasteiger partial charge in [-0.25, -0.2) is 4.79 Å². The molecule has 14 nitrogen and oxygen atoms in total. The summed E-state index contributed by atoms with van der Waals surface area (Å²) in [6.45, 7) is 1.20. The van der Waals surface area contributed by atoms with Gasteiger partial charge >= 0.3 is 5.97 Å². The number of thiol groups is 1. The molecule has 0 aromatic heterocycles. The van der Waals surface area contributed by atoms with Crippen LogP contribution in [0.5, 0.6) is 0 Å². The van der Waals surface area contributed by atoms with Crippen LogP contribution in [0.2, 0.25) is 0 Å². The molecular weight excluding hydrogens is 436 g/mol. The third-order valence-corrected chi connectivity index (χ3v) is 4.30. The van der Waals surface area contributed by atoms with E-state index in [1.165, 1.54) is 6.92 Å². The monoisotopic (exact) mass is 464 g/mol. The zero-order valence-electron chi connectivity index (χ0n) is 16.7. The normalized spacial score (nSPS) is 15.5. The Morgan fingerprint density at radius 3 is 1.87 bits per heavy atom. The Bertz CT molecular complexity index is 704. The summed E-state index contributed by atoms with van der Waals surface area (Å²) in [7, 11) is 0. The molecule has 0 saturated carbocycles. The largest absolute Gasteiger partial charge is 0.480 e. The first-order chi connectivity index (χ1) is 14.3. The fourth-order valence-corrected chi connectivity index (χ4v) is 2.48. The maximum atomic E-state index is 12.5. The molecule has 0 heterocycles. The van der Waals surface area contributed by atoms with Crippen molar-refractivity contribution in [3.05, 3.63) is 0 Å². The van der Waals surface area contributed by atoms with E-state index in [4.69, 9.17) is 22.3 Å². The molecule has 0 spiro atoms. The van der Waals surface area contributed by atoms with Crippen LogP contribution in [0.4, 0.5) is 0 Å². The molecule has 0 bridgehead atoms. The summed E-state index contributed by atoms with van der Waals surface area (Å²) in [4.78, 5) is 69.7. The summed E-state index contributed by atoms with van der Waals surface area (Å²) in [6, 6.07) is -5.70. The van der Waals surface area contributed by atoms with E-state index in [1.54, 1.807) is 0 Å². The number of nitrogens with two attached hydrogens (primary N) is 3. The number of carbonyl (C=O) groups excluding carboxylic acids is 5. The molecular formula is C16H28N6O8S. The van der Waals surface area contributed by atoms with Crippen molar-refractivity contribution in [3.63, 3.8) is 0 Å². The lowest BCUT2D eigenvalue weighted by atomic mass is 10.1. The van der Waals surface area contributed by atoms with E-state index < -0.39 is 72.2 Å². The van der Waals surface area contributed by atoms with E-state index in [-0.39, 0.29) is 18.6 Å². The van der Waals surface area contributed by atoms with Gasteiger partial charge in [0.25, 0.3) is 0 Å². The molecule has 15 heteroatoms. The number of aliphatic carboxylic acids is 1. The molecule has 0 rings (SSSR count). The number of rotatable bonds is 14. The summed E-state index contributed by atoms with van der Waals surface area (Å²) >= 11 is 3.92. The van der Waals surface area contributed by atoms with Crippen molar-refractivity contribution in [2.75, 3.05) is 5.75 Å². The van der Waals surface area contributed by atoms with Gasteiger partial charge in [0.2, 0.25) is 29.5 Å². The second-order valence-electron chi connectivity index (χ2n) is 6.65. The van der Waals surface area contributed by atoms with Gasteiger partial charge in [0.1, 0.15) is 18.1 Å². The molecule has 0 radical (unpaired) electrons. The summed E-state index contributed by atoms with van der Waals surface area (Å²) in [5.41, 5.74) is 15.5. The van der Waals surface area contributed by atoms with Crippen LogP contribution in [0.25, 0.3) is 0 Å². The zero-order chi connectivity index (χ0) is 24.3. The van der Waals surface area contributed by atoms with Crippen molar-refractivity contribution in [1.29, 1.82) is 0 Å². The molecule has 5 atom stereocenters. The van der Waals surface area contributed by atoms with Gasteiger partial charge in [0.05, 0.1) is 18.6 Å². The van der Waals surface area contributed by atoms with E-state index in [0.717, 1.165) is 0 Å². The highest BCUT2D eigenvalue weighted by molar-refractivity contribution is 7.80. The lowest BCUT2D eigenvalue weighted by Gasteiger charge is -2.25. The highest BCUT2D eigenvalue weighted by atomic mass is 32.1. The molecule has 11 N–H and O–H groups in total. The Kier molecular flexibility index (Phi) is 12.1. The van der Waals surface area contributed by atoms with Crippen molar-refractivity contribution >= 4 is 48.1 Å². The summed E-state index contributed by atoms with van der Waals surface area (Å²) in [5.74, 6) is -6.25. The number of carboxylic acid groups (broad SMARTS) is 1. The van der Waals surface area contributed by atoms with Crippen LogP contribution in [0.1, 0.15) is 26.2 Å². The maximum Gasteiger partial charge on any atom is 0.326 e. The predicted octanol–water partition coefficient (Wildman–Crippen LogP) is -4.70. The first-order valence-corrected chi connectivity index (χ1v) is 9.68. The molecule has 176 valence electrons. The van der Waals surface area contributed by atoms with Crippen LogP contribution in [0.15, 0.2) is 0 Å². The number of carboxylic acids is 1. The highest BCUT2D eigenvalue weighted by Crippen LogP contribution is 2.01. The first kappa shape index (κ1) is 28.1. The predicted molar refractivity (Wildman–Crippen MR) is 109 cm³/mol. The van der Waals surface area contributed by atoms with Gasteiger partial charge in [-0.15, -0.1) is 0 Å². The Morgan fingerprint density at radius 2 is 1.45 bits per heavy atom. The molecule has 31 heavy (non-hydrogen) atoms. The molecule has 5 amide bonds. The van der Waals surface area contributed by atoms with E-state index >= 15 is 0 Å². The second-order valence-corrected chi connectivity index (χ2v) is 7.02. The van der Waals surface area contributed by atoms with Crippen LogP contribution >= 0.6 is 12.6 Å². The number of hydrogen-bond acceptors (Lipinski definition) is 9. The van der Waals surface area contributed by atoms with Crippen LogP contribution in [0, 0.1) is 0 Å². The molecule has 0 saturated heterocycles. The average molecular weight is 465 g/mol. The van der Waals surface area contributed by atoms with Crippen LogP contribution in [-0.2, 0) is 28.8 Å². The Morgan fingerprint density at radius 1 is 0.903 bits per heavy atom. The minimum absolute atomic E-state index is 0.0899. The number of aliphatic hydroxyl groups is 1. The highest BCUT2D eigenvalue weighted by Gasteiger charge is 2.32. The molecule has 0 aliphatic rings. The average Bonchev–Trinajstić information content (AvgIpc) is 2.66. The SMILES string of the molecule is CC(O)C(NC(=O)C(N)CCC(N)=O)C(=O)NC(CS)C(=O)NC(CC(N)=O)C(=O)O. The zero-order valence-corrected chi connectivity index (χ0v) is 17.6. The summed E-state index contributed by atoms with van der Waals surface area (Å²) < 4.78 is 0. The minimum atomic E-state index is -1.63. The number of aliphatic hydroxyl groups excluding tert-OH is 1. The van der Waals surface area contributed by atoms with E-state index in [2.05, 4.69) is 23.3 Å². The second kappa shape index (κ2) is 13.4. The molecule has 0 aromatic carbocycles. The smallest absolute Gasteiger partial charge is 0.326 e. The number of primary amides is 2. The van der Waals surface area contributed by atoms with Crippen molar-refractivity contribution in [2.45, 2.75) is 56.5 Å². The van der Waals surface area contributed by atoms with Crippen molar-refractivity contribution in [3.8, 4) is 0 Å². The number of carbonyl (C=O) groups is 6. The van der Waals surface area contributed by atoms with Gasteiger partial charge in [-0.05, 0) is 13.3 Å². The van der Waals surface area contributed by atoms with Crippen molar-refractivity contribution in [2.24, 2.45) is 17.2 Å². The van der Waals surface area contributed by atoms with Crippen LogP contribution in [0.3, 0.4) is 0 Å². The molecule has 0 aliphatic carbocycles. The van der Waals surface area contributed by atoms with Gasteiger partial charge in [0.15, 0.2) is 0 Å². The Balaban J connectivity index is 5.15. The molecule has 0 fully saturated rings. The number of amides is 5. The summed E-state index contributed by atoms with van der Waals surface area (Å²) in [6.07, 6.45) is -2.34. The van der Waals surface area contributed by atoms with Gasteiger partial charge in [-0.1, -0.05) is 0 Å². The van der Waals surface area contributed by atoms with Gasteiger partial charge in [0, 0.05) is 12.2 Å². The fraction of sp³-hybridized carbons (Fsp3) is 0.625. The van der Waals surface area contributed by atoms with E-state index in [9.17, 15) is 33.9 Å². The lowest BCUT2D eigenvalue weighted by Crippen LogP contribution is -2.60. The quantitative estimate of drug-likeness (QED) is 0.112. The lowest BCUT2D eigenvalue weighted by molar-refractivity contribution is -0.143. The Hall–Kier alpha value is -2.91. The van der Waals surface area contributed by atoms with Crippen LogP contribution in [-0.4, -0.2) is 81.7 Å². The maximum absolute atomic E-state index is 12.5. The van der Waals surface area contributed by atoms with Gasteiger partial charge < -0.3 is 43.4 Å². The van der Waals surface area contributed by atoms with E-state index in [1.807, 2.05) is 5.32 Å². The molecule has 0 aliphatic heterocycles. The van der Waals surface area contributed by atoms with Gasteiger partial charge in [-0.2, -0.15) is 12.6 Å². The first-order valence-electron chi connectivity index (χ1n) is 9.05. The third-order valence-electron chi connectivity index (χ3n) is 3.94. The summed E-state index contributed by atoms with van der Waals surface area (Å²) in [5, 5.41) is 25.3. The topological polar surface area (TPSA) is 257 Å². The Labute approximate surface area is 183 Å². The minimum Gasteiger partial charge on any atom is -0.480 e. The molecule has 5 unspecified atom stereocenters. The van der Waals surface area contributed by atoms with Crippen molar-refractivity contribution in [1.82, 2.24) is 16.0 Å². The molecule has 0 aromatic rings. The number of nitrogens with one attached hydrogen (secondary N) is 3. The number of hydrogen-bond donors (Lipinski definition) is 9. The fourth-order valence-electron chi connectivity index (χ4n) is 2.22.